The Balaban J connectivity index is 1.78. The van der Waals surface area contributed by atoms with Gasteiger partial charge in [-0.15, -0.1) is 0 Å². The molecule has 0 saturated carbocycles. The maximum absolute atomic E-state index is 13.1. The molecule has 8 heteroatoms. The Bertz CT molecular complexity index is 1020. The maximum Gasteiger partial charge on any atom is 0.411 e. The van der Waals surface area contributed by atoms with Gasteiger partial charge in [0.25, 0.3) is 0 Å². The number of hydrogen-bond donors (Lipinski definition) is 2. The zero-order valence-corrected chi connectivity index (χ0v) is 17.9. The lowest BCUT2D eigenvalue weighted by molar-refractivity contribution is -0.131. The third-order valence-corrected chi connectivity index (χ3v) is 5.46. The number of rotatable bonds is 7. The summed E-state index contributed by atoms with van der Waals surface area (Å²) in [6, 6.07) is 17.0. The summed E-state index contributed by atoms with van der Waals surface area (Å²) < 4.78 is 5.47. The second kappa shape index (κ2) is 10.4. The molecule has 166 valence electrons. The van der Waals surface area contributed by atoms with E-state index in [0.29, 0.717) is 0 Å². The van der Waals surface area contributed by atoms with Crippen LogP contribution >= 0.6 is 0 Å². The molecule has 1 heterocycles. The smallest absolute Gasteiger partial charge is 0.411 e. The van der Waals surface area contributed by atoms with Crippen molar-refractivity contribution in [2.24, 2.45) is 11.7 Å². The first-order valence-electron chi connectivity index (χ1n) is 10.4. The van der Waals surface area contributed by atoms with Gasteiger partial charge >= 0.3 is 6.09 Å². The number of ether oxygens (including phenoxy) is 1. The average molecular weight is 434 g/mol. The Labute approximate surface area is 187 Å². The molecule has 3 rings (SSSR count). The Morgan fingerprint density at radius 3 is 2.47 bits per heavy atom. The maximum atomic E-state index is 13.1. The molecule has 2 aromatic rings. The topological polar surface area (TPSA) is 126 Å². The lowest BCUT2D eigenvalue weighted by atomic mass is 9.93. The van der Waals surface area contributed by atoms with Crippen LogP contribution in [0.2, 0.25) is 0 Å². The summed E-state index contributed by atoms with van der Waals surface area (Å²) in [6.07, 6.45) is -0.245. The quantitative estimate of drug-likeness (QED) is 0.691. The Hall–Kier alpha value is -3.86. The summed E-state index contributed by atoms with van der Waals surface area (Å²) >= 11 is 0. The molecule has 3 amide bonds. The monoisotopic (exact) mass is 434 g/mol. The number of benzene rings is 2. The molecule has 0 radical (unpaired) electrons. The van der Waals surface area contributed by atoms with Gasteiger partial charge in [0, 0.05) is 12.3 Å². The predicted octanol–water partition coefficient (Wildman–Crippen LogP) is 2.27. The third kappa shape index (κ3) is 5.64. The number of primary amides is 1. The minimum atomic E-state index is -1.00. The van der Waals surface area contributed by atoms with Crippen LogP contribution in [0.15, 0.2) is 54.6 Å². The van der Waals surface area contributed by atoms with Gasteiger partial charge < -0.3 is 15.8 Å². The molecule has 0 aromatic heterocycles. The van der Waals surface area contributed by atoms with Gasteiger partial charge in [-0.2, -0.15) is 5.26 Å². The summed E-state index contributed by atoms with van der Waals surface area (Å²) in [5.41, 5.74) is 8.14. The molecule has 3 N–H and O–H groups in total. The Morgan fingerprint density at radius 2 is 1.81 bits per heavy atom. The first kappa shape index (κ1) is 22.8. The van der Waals surface area contributed by atoms with Crippen molar-refractivity contribution in [3.05, 3.63) is 71.3 Å². The minimum Gasteiger partial charge on any atom is -0.445 e. The fourth-order valence-electron chi connectivity index (χ4n) is 3.67. The van der Waals surface area contributed by atoms with Crippen molar-refractivity contribution < 1.29 is 19.1 Å². The van der Waals surface area contributed by atoms with Crippen molar-refractivity contribution in [1.82, 2.24) is 10.2 Å². The van der Waals surface area contributed by atoms with E-state index in [0.717, 1.165) is 16.7 Å². The van der Waals surface area contributed by atoms with Crippen LogP contribution in [0, 0.1) is 17.2 Å². The van der Waals surface area contributed by atoms with Crippen molar-refractivity contribution in [3.8, 4) is 6.07 Å². The average Bonchev–Trinajstić information content (AvgIpc) is 2.81. The lowest BCUT2D eigenvalue weighted by Gasteiger charge is -2.35. The van der Waals surface area contributed by atoms with E-state index in [1.165, 1.54) is 4.90 Å². The highest BCUT2D eigenvalue weighted by atomic mass is 16.6. The summed E-state index contributed by atoms with van der Waals surface area (Å²) in [5.74, 6) is -1.70. The van der Waals surface area contributed by atoms with Crippen LogP contribution in [0.1, 0.15) is 30.0 Å². The van der Waals surface area contributed by atoms with E-state index in [9.17, 15) is 14.4 Å². The standard InChI is InChI=1S/C24H26N4O4/c1-16(13-25)11-20(22(26)29)27-23(30)21-12-18-9-5-6-10-19(18)14-28(21)24(31)32-15-17-7-3-2-4-8-17/h2-10,16,20-21H,11-12,14-15H2,1H3,(H2,26,29)(H,27,30)/t16-,20-,21-/m0/s1. The van der Waals surface area contributed by atoms with E-state index >= 15 is 0 Å². The van der Waals surface area contributed by atoms with Crippen LogP contribution in [0.3, 0.4) is 0 Å². The Morgan fingerprint density at radius 1 is 1.16 bits per heavy atom. The van der Waals surface area contributed by atoms with Crippen molar-refractivity contribution >= 4 is 17.9 Å². The molecule has 0 unspecified atom stereocenters. The number of hydrogen-bond acceptors (Lipinski definition) is 5. The first-order valence-corrected chi connectivity index (χ1v) is 10.4. The number of nitrogens with zero attached hydrogens (tertiary/aromatic N) is 2. The first-order chi connectivity index (χ1) is 15.4. The van der Waals surface area contributed by atoms with Gasteiger partial charge in [0.05, 0.1) is 12.6 Å². The third-order valence-electron chi connectivity index (χ3n) is 5.46. The lowest BCUT2D eigenvalue weighted by Crippen LogP contribution is -2.56. The second-order valence-corrected chi connectivity index (χ2v) is 7.89. The number of amides is 3. The van der Waals surface area contributed by atoms with Gasteiger partial charge in [-0.25, -0.2) is 4.79 Å². The zero-order valence-electron chi connectivity index (χ0n) is 17.9. The molecular formula is C24H26N4O4. The van der Waals surface area contributed by atoms with Gasteiger partial charge in [-0.1, -0.05) is 54.6 Å². The fourth-order valence-corrected chi connectivity index (χ4v) is 3.67. The van der Waals surface area contributed by atoms with Crippen molar-refractivity contribution in [3.63, 3.8) is 0 Å². The number of carbonyl (C=O) groups excluding carboxylic acids is 3. The molecule has 1 aliphatic rings. The van der Waals surface area contributed by atoms with E-state index in [4.69, 9.17) is 15.7 Å². The van der Waals surface area contributed by atoms with E-state index in [1.807, 2.05) is 60.7 Å². The molecule has 2 aromatic carbocycles. The molecule has 8 nitrogen and oxygen atoms in total. The predicted molar refractivity (Wildman–Crippen MR) is 117 cm³/mol. The molecule has 32 heavy (non-hydrogen) atoms. The molecule has 0 aliphatic carbocycles. The largest absolute Gasteiger partial charge is 0.445 e. The molecule has 0 fully saturated rings. The van der Waals surface area contributed by atoms with Crippen LogP contribution in [-0.2, 0) is 33.9 Å². The second-order valence-electron chi connectivity index (χ2n) is 7.89. The minimum absolute atomic E-state index is 0.0791. The van der Waals surface area contributed by atoms with Gasteiger partial charge in [-0.3, -0.25) is 14.5 Å². The summed E-state index contributed by atoms with van der Waals surface area (Å²) in [6.45, 7) is 1.93. The van der Waals surface area contributed by atoms with Crippen LogP contribution in [0.5, 0.6) is 0 Å². The van der Waals surface area contributed by atoms with E-state index in [1.54, 1.807) is 6.92 Å². The van der Waals surface area contributed by atoms with Crippen LogP contribution in [0.25, 0.3) is 0 Å². The highest BCUT2D eigenvalue weighted by Crippen LogP contribution is 2.25. The van der Waals surface area contributed by atoms with Crippen LogP contribution < -0.4 is 11.1 Å². The van der Waals surface area contributed by atoms with Crippen molar-refractivity contribution in [2.45, 2.75) is 45.0 Å². The number of nitrogens with one attached hydrogen (secondary N) is 1. The zero-order chi connectivity index (χ0) is 23.1. The van der Waals surface area contributed by atoms with Gasteiger partial charge in [0.15, 0.2) is 0 Å². The van der Waals surface area contributed by atoms with Crippen molar-refractivity contribution in [2.75, 3.05) is 0 Å². The Kier molecular flexibility index (Phi) is 7.45. The highest BCUT2D eigenvalue weighted by molar-refractivity contribution is 5.91. The molecule has 3 atom stereocenters. The summed E-state index contributed by atoms with van der Waals surface area (Å²) in [4.78, 5) is 39.3. The molecule has 0 saturated heterocycles. The van der Waals surface area contributed by atoms with Gasteiger partial charge in [-0.05, 0) is 30.0 Å². The highest BCUT2D eigenvalue weighted by Gasteiger charge is 2.37. The van der Waals surface area contributed by atoms with Crippen LogP contribution in [0.4, 0.5) is 4.79 Å². The fraction of sp³-hybridized carbons (Fsp3) is 0.333. The van der Waals surface area contributed by atoms with E-state index < -0.39 is 35.9 Å². The normalized spacial score (nSPS) is 16.8. The van der Waals surface area contributed by atoms with Crippen LogP contribution in [-0.4, -0.2) is 34.9 Å². The number of carbonyl (C=O) groups is 3. The van der Waals surface area contributed by atoms with Gasteiger partial charge in [0.1, 0.15) is 18.7 Å². The SMILES string of the molecule is C[C@H](C#N)C[C@H](NC(=O)[C@@H]1Cc2ccccc2CN1C(=O)OCc1ccccc1)C(N)=O. The molecular weight excluding hydrogens is 408 g/mol. The number of fused-ring (bicyclic) bond motifs is 1. The van der Waals surface area contributed by atoms with Crippen molar-refractivity contribution in [1.29, 1.82) is 5.26 Å². The number of nitriles is 1. The van der Waals surface area contributed by atoms with Gasteiger partial charge in [0.2, 0.25) is 11.8 Å². The number of nitrogens with two attached hydrogens (primary N) is 1. The molecule has 0 spiro atoms. The van der Waals surface area contributed by atoms with E-state index in [2.05, 4.69) is 5.32 Å². The van der Waals surface area contributed by atoms with E-state index in [-0.39, 0.29) is 26.0 Å². The molecule has 1 aliphatic heterocycles. The summed E-state index contributed by atoms with van der Waals surface area (Å²) in [7, 11) is 0. The summed E-state index contributed by atoms with van der Waals surface area (Å²) in [5, 5.41) is 11.7. The molecule has 0 bridgehead atoms.